The summed E-state index contributed by atoms with van der Waals surface area (Å²) in [7, 11) is -0.588. The SMILES string of the molecule is COc1ccc(CC(=O)Nc2ccc(S(=O)(=O)N(C)c3ccccc3)cc2)cc1. The van der Waals surface area contributed by atoms with Crippen LogP contribution in [-0.4, -0.2) is 28.5 Å². The molecule has 0 bridgehead atoms. The number of hydrogen-bond donors (Lipinski definition) is 1. The molecule has 0 fully saturated rings. The Morgan fingerprint density at radius 2 is 1.55 bits per heavy atom. The summed E-state index contributed by atoms with van der Waals surface area (Å²) in [4.78, 5) is 12.4. The Bertz CT molecular complexity index is 1060. The van der Waals surface area contributed by atoms with Crippen molar-refractivity contribution < 1.29 is 17.9 Å². The van der Waals surface area contributed by atoms with Crippen LogP contribution in [0.15, 0.2) is 83.8 Å². The average molecular weight is 410 g/mol. The Labute approximate surface area is 170 Å². The molecule has 0 saturated heterocycles. The minimum absolute atomic E-state index is 0.150. The van der Waals surface area contributed by atoms with Gasteiger partial charge in [-0.05, 0) is 54.1 Å². The number of methoxy groups -OCH3 is 1. The van der Waals surface area contributed by atoms with Gasteiger partial charge in [-0.2, -0.15) is 0 Å². The van der Waals surface area contributed by atoms with Gasteiger partial charge in [-0.15, -0.1) is 0 Å². The van der Waals surface area contributed by atoms with Gasteiger partial charge in [-0.1, -0.05) is 30.3 Å². The van der Waals surface area contributed by atoms with Gasteiger partial charge in [0.05, 0.1) is 24.1 Å². The van der Waals surface area contributed by atoms with E-state index in [1.165, 1.54) is 23.5 Å². The number of carbonyl (C=O) groups excluding carboxylic acids is 1. The highest BCUT2D eigenvalue weighted by Crippen LogP contribution is 2.23. The average Bonchev–Trinajstić information content (AvgIpc) is 2.74. The molecule has 0 aliphatic heterocycles. The number of nitrogens with zero attached hydrogens (tertiary/aromatic N) is 1. The van der Waals surface area contributed by atoms with E-state index in [2.05, 4.69) is 5.32 Å². The van der Waals surface area contributed by atoms with E-state index in [0.717, 1.165) is 11.3 Å². The number of rotatable bonds is 7. The fraction of sp³-hybridized carbons (Fsp3) is 0.136. The Kier molecular flexibility index (Phi) is 6.19. The predicted octanol–water partition coefficient (Wildman–Crippen LogP) is 3.70. The maximum atomic E-state index is 12.8. The third-order valence-electron chi connectivity index (χ3n) is 4.44. The number of nitrogens with one attached hydrogen (secondary N) is 1. The molecule has 0 heterocycles. The fourth-order valence-electron chi connectivity index (χ4n) is 2.78. The predicted molar refractivity (Wildman–Crippen MR) is 114 cm³/mol. The molecule has 0 radical (unpaired) electrons. The lowest BCUT2D eigenvalue weighted by Crippen LogP contribution is -2.26. The van der Waals surface area contributed by atoms with E-state index in [9.17, 15) is 13.2 Å². The van der Waals surface area contributed by atoms with Crippen LogP contribution in [0.3, 0.4) is 0 Å². The van der Waals surface area contributed by atoms with Crippen LogP contribution in [0.5, 0.6) is 5.75 Å². The van der Waals surface area contributed by atoms with E-state index in [4.69, 9.17) is 4.74 Å². The largest absolute Gasteiger partial charge is 0.497 e. The molecule has 1 amide bonds. The second-order valence-corrected chi connectivity index (χ2v) is 8.37. The zero-order chi connectivity index (χ0) is 20.9. The van der Waals surface area contributed by atoms with E-state index in [-0.39, 0.29) is 17.2 Å². The van der Waals surface area contributed by atoms with E-state index >= 15 is 0 Å². The molecule has 6 nitrogen and oxygen atoms in total. The summed E-state index contributed by atoms with van der Waals surface area (Å²) < 4.78 is 31.9. The van der Waals surface area contributed by atoms with Crippen molar-refractivity contribution in [3.05, 3.63) is 84.4 Å². The molecular weight excluding hydrogens is 388 g/mol. The molecule has 0 aromatic heterocycles. The first kappa shape index (κ1) is 20.4. The highest BCUT2D eigenvalue weighted by Gasteiger charge is 2.21. The Morgan fingerprint density at radius 1 is 0.931 bits per heavy atom. The minimum Gasteiger partial charge on any atom is -0.497 e. The number of hydrogen-bond acceptors (Lipinski definition) is 4. The zero-order valence-electron chi connectivity index (χ0n) is 16.2. The van der Waals surface area contributed by atoms with Gasteiger partial charge in [0, 0.05) is 12.7 Å². The number of carbonyl (C=O) groups is 1. The molecule has 7 heteroatoms. The topological polar surface area (TPSA) is 75.7 Å². The normalized spacial score (nSPS) is 11.0. The number of sulfonamides is 1. The first-order valence-electron chi connectivity index (χ1n) is 8.97. The van der Waals surface area contributed by atoms with Gasteiger partial charge in [0.1, 0.15) is 5.75 Å². The van der Waals surface area contributed by atoms with Gasteiger partial charge in [-0.3, -0.25) is 9.10 Å². The molecule has 0 aliphatic carbocycles. The molecule has 0 spiro atoms. The van der Waals surface area contributed by atoms with Gasteiger partial charge in [0.15, 0.2) is 0 Å². The first-order chi connectivity index (χ1) is 13.9. The molecule has 3 aromatic rings. The molecule has 0 atom stereocenters. The zero-order valence-corrected chi connectivity index (χ0v) is 17.0. The van der Waals surface area contributed by atoms with Crippen LogP contribution in [0.25, 0.3) is 0 Å². The van der Waals surface area contributed by atoms with Crippen LogP contribution in [-0.2, 0) is 21.2 Å². The van der Waals surface area contributed by atoms with Gasteiger partial charge in [0.25, 0.3) is 10.0 Å². The number of anilines is 2. The van der Waals surface area contributed by atoms with Crippen molar-refractivity contribution in [2.24, 2.45) is 0 Å². The highest BCUT2D eigenvalue weighted by atomic mass is 32.2. The number of para-hydroxylation sites is 1. The van der Waals surface area contributed by atoms with Crippen LogP contribution in [0.1, 0.15) is 5.56 Å². The quantitative estimate of drug-likeness (QED) is 0.644. The fourth-order valence-corrected chi connectivity index (χ4v) is 3.97. The van der Waals surface area contributed by atoms with Crippen molar-refractivity contribution in [3.8, 4) is 5.75 Å². The highest BCUT2D eigenvalue weighted by molar-refractivity contribution is 7.92. The molecular formula is C22H22N2O4S. The summed E-state index contributed by atoms with van der Waals surface area (Å²) in [6.45, 7) is 0. The molecule has 0 aliphatic rings. The second-order valence-electron chi connectivity index (χ2n) is 6.41. The minimum atomic E-state index is -3.68. The monoisotopic (exact) mass is 410 g/mol. The van der Waals surface area contributed by atoms with Crippen LogP contribution < -0.4 is 14.4 Å². The smallest absolute Gasteiger partial charge is 0.264 e. The van der Waals surface area contributed by atoms with Crippen molar-refractivity contribution in [2.45, 2.75) is 11.3 Å². The molecule has 0 saturated carbocycles. The molecule has 3 aromatic carbocycles. The first-order valence-corrected chi connectivity index (χ1v) is 10.4. The van der Waals surface area contributed by atoms with E-state index in [1.54, 1.807) is 55.6 Å². The Balaban J connectivity index is 1.67. The van der Waals surface area contributed by atoms with Gasteiger partial charge in [-0.25, -0.2) is 8.42 Å². The summed E-state index contributed by atoms with van der Waals surface area (Å²) in [5.74, 6) is 0.540. The van der Waals surface area contributed by atoms with Crippen LogP contribution in [0, 0.1) is 0 Å². The molecule has 150 valence electrons. The van der Waals surface area contributed by atoms with Crippen molar-refractivity contribution in [1.29, 1.82) is 0 Å². The lowest BCUT2D eigenvalue weighted by Gasteiger charge is -2.19. The Morgan fingerprint density at radius 3 is 2.14 bits per heavy atom. The summed E-state index contributed by atoms with van der Waals surface area (Å²) >= 11 is 0. The lowest BCUT2D eigenvalue weighted by atomic mass is 10.1. The Hall–Kier alpha value is -3.32. The van der Waals surface area contributed by atoms with Gasteiger partial charge >= 0.3 is 0 Å². The van der Waals surface area contributed by atoms with Gasteiger partial charge in [0.2, 0.25) is 5.91 Å². The number of benzene rings is 3. The molecule has 1 N–H and O–H groups in total. The van der Waals surface area contributed by atoms with Crippen LogP contribution in [0.2, 0.25) is 0 Å². The van der Waals surface area contributed by atoms with Crippen molar-refractivity contribution in [2.75, 3.05) is 23.8 Å². The van der Waals surface area contributed by atoms with Crippen LogP contribution >= 0.6 is 0 Å². The van der Waals surface area contributed by atoms with E-state index < -0.39 is 10.0 Å². The van der Waals surface area contributed by atoms with Crippen LogP contribution in [0.4, 0.5) is 11.4 Å². The van der Waals surface area contributed by atoms with E-state index in [0.29, 0.717) is 11.4 Å². The lowest BCUT2D eigenvalue weighted by molar-refractivity contribution is -0.115. The van der Waals surface area contributed by atoms with Crippen molar-refractivity contribution >= 4 is 27.3 Å². The standard InChI is InChI=1S/C22H22N2O4S/c1-24(19-6-4-3-5-7-19)29(26,27)21-14-10-18(11-15-21)23-22(25)16-17-8-12-20(28-2)13-9-17/h3-15H,16H2,1-2H3,(H,23,25). The van der Waals surface area contributed by atoms with Crippen molar-refractivity contribution in [3.63, 3.8) is 0 Å². The second kappa shape index (κ2) is 8.79. The van der Waals surface area contributed by atoms with Gasteiger partial charge < -0.3 is 10.1 Å². The molecule has 29 heavy (non-hydrogen) atoms. The molecule has 3 rings (SSSR count). The number of amides is 1. The van der Waals surface area contributed by atoms with Crippen molar-refractivity contribution in [1.82, 2.24) is 0 Å². The summed E-state index contributed by atoms with van der Waals surface area (Å²) in [6.07, 6.45) is 0.209. The summed E-state index contributed by atoms with van der Waals surface area (Å²) in [5.41, 5.74) is 1.96. The van der Waals surface area contributed by atoms with E-state index in [1.807, 2.05) is 18.2 Å². The molecule has 0 unspecified atom stereocenters. The maximum absolute atomic E-state index is 12.8. The third-order valence-corrected chi connectivity index (χ3v) is 6.24. The number of ether oxygens (including phenoxy) is 1. The third kappa shape index (κ3) is 4.94. The maximum Gasteiger partial charge on any atom is 0.264 e. The summed E-state index contributed by atoms with van der Waals surface area (Å²) in [6, 6.07) is 22.2. The summed E-state index contributed by atoms with van der Waals surface area (Å²) in [5, 5.41) is 2.78.